The van der Waals surface area contributed by atoms with E-state index in [9.17, 15) is 18.8 Å². The first kappa shape index (κ1) is 22.6. The van der Waals surface area contributed by atoms with Crippen LogP contribution in [0.2, 0.25) is 0 Å². The lowest BCUT2D eigenvalue weighted by Crippen LogP contribution is -2.46. The summed E-state index contributed by atoms with van der Waals surface area (Å²) in [7, 11) is 0. The van der Waals surface area contributed by atoms with Gasteiger partial charge in [-0.3, -0.25) is 25.2 Å². The average Bonchev–Trinajstić information content (AvgIpc) is 2.86. The van der Waals surface area contributed by atoms with Crippen LogP contribution in [-0.2, 0) is 4.79 Å². The molecule has 0 atom stereocenters. The van der Waals surface area contributed by atoms with Gasteiger partial charge in [-0.1, -0.05) is 60.2 Å². The van der Waals surface area contributed by atoms with E-state index in [0.29, 0.717) is 22.2 Å². The summed E-state index contributed by atoms with van der Waals surface area (Å²) in [4.78, 5) is 41.7. The minimum absolute atomic E-state index is 0.175. The van der Waals surface area contributed by atoms with E-state index in [0.717, 1.165) is 17.2 Å². The first-order valence-corrected chi connectivity index (χ1v) is 10.5. The van der Waals surface area contributed by atoms with Crippen LogP contribution in [0, 0.1) is 12.7 Å². The van der Waals surface area contributed by atoms with Crippen molar-refractivity contribution in [2.24, 2.45) is 0 Å². The number of fused-ring (bicyclic) bond motifs is 1. The highest BCUT2D eigenvalue weighted by Crippen LogP contribution is 2.25. The number of hydrogen-bond acceptors (Lipinski definition) is 4. The Bertz CT molecular complexity index is 1390. The van der Waals surface area contributed by atoms with Gasteiger partial charge in [0.1, 0.15) is 5.82 Å². The molecule has 0 fully saturated rings. The molecular weight excluding hydrogens is 435 g/mol. The third-order valence-corrected chi connectivity index (χ3v) is 5.15. The van der Waals surface area contributed by atoms with Crippen molar-refractivity contribution in [3.63, 3.8) is 0 Å². The predicted molar refractivity (Wildman–Crippen MR) is 126 cm³/mol. The Balaban J connectivity index is 1.46. The number of carbonyl (C=O) groups excluding carboxylic acids is 3. The number of carbonyl (C=O) groups is 3. The molecule has 0 unspecified atom stereocenters. The molecule has 8 heteroatoms. The molecular formula is C26H21FN4O3. The number of benzene rings is 3. The fraction of sp³-hybridized carbons (Fsp3) is 0.0769. The van der Waals surface area contributed by atoms with Crippen LogP contribution in [-0.4, -0.2) is 29.3 Å². The van der Waals surface area contributed by atoms with Crippen molar-refractivity contribution in [2.75, 3.05) is 6.54 Å². The van der Waals surface area contributed by atoms with Gasteiger partial charge in [-0.05, 0) is 31.2 Å². The minimum Gasteiger partial charge on any atom is -0.343 e. The lowest BCUT2D eigenvalue weighted by atomic mass is 10.0. The normalized spacial score (nSPS) is 10.5. The summed E-state index contributed by atoms with van der Waals surface area (Å²) in [6, 6.07) is 22.1. The molecule has 3 aromatic carbocycles. The van der Waals surface area contributed by atoms with Crippen LogP contribution in [0.3, 0.4) is 0 Å². The van der Waals surface area contributed by atoms with Gasteiger partial charge in [-0.2, -0.15) is 0 Å². The van der Waals surface area contributed by atoms with Gasteiger partial charge >= 0.3 is 0 Å². The monoisotopic (exact) mass is 456 g/mol. The summed E-state index contributed by atoms with van der Waals surface area (Å²) in [5.74, 6) is -2.64. The Hall–Kier alpha value is -4.59. The number of nitrogens with zero attached hydrogens (tertiary/aromatic N) is 1. The van der Waals surface area contributed by atoms with E-state index in [1.807, 2.05) is 37.3 Å². The maximum Gasteiger partial charge on any atom is 0.270 e. The highest BCUT2D eigenvalue weighted by atomic mass is 19.1. The first-order valence-electron chi connectivity index (χ1n) is 10.5. The second-order valence-electron chi connectivity index (χ2n) is 7.60. The van der Waals surface area contributed by atoms with Gasteiger partial charge < -0.3 is 5.32 Å². The van der Waals surface area contributed by atoms with Gasteiger partial charge in [0, 0.05) is 10.9 Å². The van der Waals surface area contributed by atoms with Crippen molar-refractivity contribution in [2.45, 2.75) is 6.92 Å². The van der Waals surface area contributed by atoms with Crippen molar-refractivity contribution in [3.8, 4) is 11.3 Å². The molecule has 0 aliphatic heterocycles. The number of rotatable bonds is 5. The molecule has 0 aliphatic carbocycles. The molecule has 3 N–H and O–H groups in total. The summed E-state index contributed by atoms with van der Waals surface area (Å²) >= 11 is 0. The zero-order valence-corrected chi connectivity index (χ0v) is 18.3. The fourth-order valence-corrected chi connectivity index (χ4v) is 3.37. The Morgan fingerprint density at radius 1 is 0.824 bits per heavy atom. The Kier molecular flexibility index (Phi) is 6.59. The van der Waals surface area contributed by atoms with Gasteiger partial charge in [-0.25, -0.2) is 9.37 Å². The third-order valence-electron chi connectivity index (χ3n) is 5.15. The van der Waals surface area contributed by atoms with Gasteiger partial charge in [0.15, 0.2) is 0 Å². The highest BCUT2D eigenvalue weighted by Gasteiger charge is 2.16. The van der Waals surface area contributed by atoms with Gasteiger partial charge in [-0.15, -0.1) is 0 Å². The van der Waals surface area contributed by atoms with Crippen molar-refractivity contribution in [1.82, 2.24) is 21.2 Å². The van der Waals surface area contributed by atoms with Crippen LogP contribution in [0.4, 0.5) is 4.39 Å². The molecule has 0 radical (unpaired) electrons. The SMILES string of the molecule is Cc1ccc(-c2cc(C(=O)NNC(=O)CNC(=O)c3ccccc3F)c3ccccc3n2)cc1. The molecule has 1 aromatic heterocycles. The summed E-state index contributed by atoms with van der Waals surface area (Å²) in [6.45, 7) is 1.54. The molecule has 0 spiro atoms. The summed E-state index contributed by atoms with van der Waals surface area (Å²) < 4.78 is 13.7. The lowest BCUT2D eigenvalue weighted by Gasteiger charge is -2.12. The van der Waals surface area contributed by atoms with E-state index in [2.05, 4.69) is 21.2 Å². The van der Waals surface area contributed by atoms with E-state index in [4.69, 9.17) is 0 Å². The molecule has 0 saturated carbocycles. The fourth-order valence-electron chi connectivity index (χ4n) is 3.37. The number of aryl methyl sites for hydroxylation is 1. The van der Waals surface area contributed by atoms with Crippen LogP contribution in [0.15, 0.2) is 78.9 Å². The topological polar surface area (TPSA) is 100 Å². The quantitative estimate of drug-likeness (QED) is 0.400. The van der Waals surface area contributed by atoms with Crippen LogP contribution < -0.4 is 16.2 Å². The van der Waals surface area contributed by atoms with Crippen molar-refractivity contribution >= 4 is 28.6 Å². The maximum atomic E-state index is 13.7. The standard InChI is InChI=1S/C26H21FN4O3/c1-16-10-12-17(13-11-16)23-14-20(18-6-3-5-9-22(18)29-23)26(34)31-30-24(32)15-28-25(33)19-7-2-4-8-21(19)27/h2-14H,15H2,1H3,(H,28,33)(H,30,32)(H,31,34). The van der Waals surface area contributed by atoms with Gasteiger partial charge in [0.05, 0.1) is 28.9 Å². The van der Waals surface area contributed by atoms with E-state index in [-0.39, 0.29) is 5.56 Å². The number of amides is 3. The number of pyridine rings is 1. The molecule has 0 aliphatic rings. The molecule has 0 bridgehead atoms. The van der Waals surface area contributed by atoms with Crippen LogP contribution in [0.25, 0.3) is 22.2 Å². The predicted octanol–water partition coefficient (Wildman–Crippen LogP) is 3.54. The summed E-state index contributed by atoms with van der Waals surface area (Å²) in [5, 5.41) is 2.94. The Morgan fingerprint density at radius 3 is 2.29 bits per heavy atom. The zero-order valence-electron chi connectivity index (χ0n) is 18.3. The number of hydrazine groups is 1. The Labute approximate surface area is 195 Å². The first-order chi connectivity index (χ1) is 16.4. The van der Waals surface area contributed by atoms with Crippen molar-refractivity contribution in [3.05, 3.63) is 101 Å². The highest BCUT2D eigenvalue weighted by molar-refractivity contribution is 6.07. The molecule has 4 aromatic rings. The van der Waals surface area contributed by atoms with Crippen molar-refractivity contribution in [1.29, 1.82) is 0 Å². The third kappa shape index (κ3) is 5.07. The Morgan fingerprint density at radius 2 is 1.53 bits per heavy atom. The van der Waals surface area contributed by atoms with Gasteiger partial charge in [0.25, 0.3) is 17.7 Å². The minimum atomic E-state index is -0.734. The second kappa shape index (κ2) is 9.91. The van der Waals surface area contributed by atoms with E-state index < -0.39 is 30.1 Å². The number of aromatic nitrogens is 1. The van der Waals surface area contributed by atoms with Gasteiger partial charge in [0.2, 0.25) is 0 Å². The van der Waals surface area contributed by atoms with E-state index >= 15 is 0 Å². The number of nitrogens with one attached hydrogen (secondary N) is 3. The molecule has 3 amide bonds. The van der Waals surface area contributed by atoms with Crippen LogP contribution >= 0.6 is 0 Å². The molecule has 1 heterocycles. The number of hydrogen-bond donors (Lipinski definition) is 3. The van der Waals surface area contributed by atoms with E-state index in [1.54, 1.807) is 24.3 Å². The summed E-state index contributed by atoms with van der Waals surface area (Å²) in [5.41, 5.74) is 7.99. The molecule has 0 saturated heterocycles. The second-order valence-corrected chi connectivity index (χ2v) is 7.60. The average molecular weight is 456 g/mol. The van der Waals surface area contributed by atoms with Crippen molar-refractivity contribution < 1.29 is 18.8 Å². The maximum absolute atomic E-state index is 13.7. The smallest absolute Gasteiger partial charge is 0.270 e. The summed E-state index contributed by atoms with van der Waals surface area (Å²) in [6.07, 6.45) is 0. The molecule has 4 rings (SSSR count). The molecule has 7 nitrogen and oxygen atoms in total. The molecule has 34 heavy (non-hydrogen) atoms. The molecule has 170 valence electrons. The number of para-hydroxylation sites is 1. The van der Waals surface area contributed by atoms with Crippen LogP contribution in [0.1, 0.15) is 26.3 Å². The number of halogens is 1. The largest absolute Gasteiger partial charge is 0.343 e. The van der Waals surface area contributed by atoms with E-state index in [1.165, 1.54) is 18.2 Å². The zero-order chi connectivity index (χ0) is 24.1. The lowest BCUT2D eigenvalue weighted by molar-refractivity contribution is -0.120. The van der Waals surface area contributed by atoms with Crippen LogP contribution in [0.5, 0.6) is 0 Å².